The Bertz CT molecular complexity index is 307. The summed E-state index contributed by atoms with van der Waals surface area (Å²) in [5.41, 5.74) is 0.0731. The Morgan fingerprint density at radius 3 is 2.76 bits per heavy atom. The van der Waals surface area contributed by atoms with Crippen LogP contribution in [0.15, 0.2) is 12.7 Å². The smallest absolute Gasteiger partial charge is 0.240 e. The fraction of sp³-hybridized carbons (Fsp3) is 0.786. The first-order chi connectivity index (χ1) is 8.06. The minimum Gasteiger partial charge on any atom is -0.335 e. The Labute approximate surface area is 104 Å². The van der Waals surface area contributed by atoms with E-state index in [0.29, 0.717) is 12.6 Å². The number of carbonyl (C=O) groups excluding carboxylic acids is 1. The Morgan fingerprint density at radius 1 is 1.53 bits per heavy atom. The van der Waals surface area contributed by atoms with Crippen LogP contribution in [0.1, 0.15) is 39.5 Å². The standard InChI is InChI=1S/C14H24N2O/c1-4-10-16(11-6-7-11)13(17)12-14(2,3)8-5-9-15-12/h4,11-12,15H,1,5-10H2,2-3H3. The molecular formula is C14H24N2O. The Morgan fingerprint density at radius 2 is 2.24 bits per heavy atom. The van der Waals surface area contributed by atoms with E-state index in [-0.39, 0.29) is 17.4 Å². The molecule has 0 aromatic carbocycles. The van der Waals surface area contributed by atoms with Crippen molar-refractivity contribution in [3.05, 3.63) is 12.7 Å². The van der Waals surface area contributed by atoms with Crippen LogP contribution in [0.25, 0.3) is 0 Å². The van der Waals surface area contributed by atoms with Crippen molar-refractivity contribution in [3.8, 4) is 0 Å². The zero-order chi connectivity index (χ0) is 12.5. The van der Waals surface area contributed by atoms with Gasteiger partial charge in [0, 0.05) is 12.6 Å². The first-order valence-corrected chi connectivity index (χ1v) is 6.71. The molecule has 1 aliphatic heterocycles. The van der Waals surface area contributed by atoms with Crippen molar-refractivity contribution in [1.29, 1.82) is 0 Å². The third kappa shape index (κ3) is 2.71. The molecule has 1 aliphatic carbocycles. The topological polar surface area (TPSA) is 32.3 Å². The maximum atomic E-state index is 12.6. The first kappa shape index (κ1) is 12.6. The number of piperidine rings is 1. The predicted octanol–water partition coefficient (Wildman–Crippen LogP) is 1.94. The first-order valence-electron chi connectivity index (χ1n) is 6.71. The third-order valence-corrected chi connectivity index (χ3v) is 3.97. The molecule has 1 amide bonds. The van der Waals surface area contributed by atoms with Crippen LogP contribution < -0.4 is 5.32 Å². The summed E-state index contributed by atoms with van der Waals surface area (Å²) in [6.45, 7) is 9.81. The predicted molar refractivity (Wildman–Crippen MR) is 69.7 cm³/mol. The summed E-state index contributed by atoms with van der Waals surface area (Å²) < 4.78 is 0. The van der Waals surface area contributed by atoms with Crippen LogP contribution in [0.5, 0.6) is 0 Å². The van der Waals surface area contributed by atoms with E-state index in [0.717, 1.165) is 25.8 Å². The summed E-state index contributed by atoms with van der Waals surface area (Å²) >= 11 is 0. The number of nitrogens with one attached hydrogen (secondary N) is 1. The Balaban J connectivity index is 2.08. The fourth-order valence-corrected chi connectivity index (χ4v) is 2.74. The lowest BCUT2D eigenvalue weighted by atomic mass is 9.77. The van der Waals surface area contributed by atoms with E-state index >= 15 is 0 Å². The zero-order valence-electron chi connectivity index (χ0n) is 11.0. The number of carbonyl (C=O) groups is 1. The van der Waals surface area contributed by atoms with Crippen molar-refractivity contribution in [3.63, 3.8) is 0 Å². The lowest BCUT2D eigenvalue weighted by molar-refractivity contribution is -0.137. The van der Waals surface area contributed by atoms with Crippen LogP contribution in [-0.4, -0.2) is 36.0 Å². The minimum atomic E-state index is -0.0169. The molecule has 0 radical (unpaired) electrons. The van der Waals surface area contributed by atoms with Crippen LogP contribution >= 0.6 is 0 Å². The van der Waals surface area contributed by atoms with Gasteiger partial charge >= 0.3 is 0 Å². The van der Waals surface area contributed by atoms with Gasteiger partial charge in [0.1, 0.15) is 0 Å². The molecule has 1 N–H and O–H groups in total. The van der Waals surface area contributed by atoms with Gasteiger partial charge < -0.3 is 10.2 Å². The zero-order valence-corrected chi connectivity index (χ0v) is 11.0. The molecule has 2 aliphatic rings. The lowest BCUT2D eigenvalue weighted by Crippen LogP contribution is -2.57. The summed E-state index contributed by atoms with van der Waals surface area (Å²) in [4.78, 5) is 14.6. The molecule has 96 valence electrons. The minimum absolute atomic E-state index is 0.0169. The van der Waals surface area contributed by atoms with E-state index in [1.807, 2.05) is 11.0 Å². The number of hydrogen-bond donors (Lipinski definition) is 1. The molecule has 0 spiro atoms. The monoisotopic (exact) mass is 236 g/mol. The molecule has 1 saturated carbocycles. The molecule has 1 saturated heterocycles. The molecule has 17 heavy (non-hydrogen) atoms. The van der Waals surface area contributed by atoms with E-state index < -0.39 is 0 Å². The van der Waals surface area contributed by atoms with Gasteiger partial charge in [-0.15, -0.1) is 6.58 Å². The van der Waals surface area contributed by atoms with Gasteiger partial charge in [0.2, 0.25) is 5.91 Å². The van der Waals surface area contributed by atoms with Crippen molar-refractivity contribution in [2.45, 2.75) is 51.6 Å². The summed E-state index contributed by atoms with van der Waals surface area (Å²) in [6, 6.07) is 0.455. The van der Waals surface area contributed by atoms with Gasteiger partial charge in [-0.1, -0.05) is 19.9 Å². The quantitative estimate of drug-likeness (QED) is 0.757. The molecule has 1 atom stereocenters. The van der Waals surface area contributed by atoms with Crippen LogP contribution in [0.3, 0.4) is 0 Å². The van der Waals surface area contributed by atoms with Gasteiger partial charge in [-0.3, -0.25) is 4.79 Å². The van der Waals surface area contributed by atoms with Crippen LogP contribution in [0.2, 0.25) is 0 Å². The highest BCUT2D eigenvalue weighted by Gasteiger charge is 2.42. The molecule has 2 rings (SSSR count). The van der Waals surface area contributed by atoms with Crippen molar-refractivity contribution in [2.75, 3.05) is 13.1 Å². The molecule has 1 heterocycles. The Kier molecular flexibility index (Phi) is 3.57. The largest absolute Gasteiger partial charge is 0.335 e. The molecule has 0 aromatic rings. The van der Waals surface area contributed by atoms with Crippen molar-refractivity contribution < 1.29 is 4.79 Å². The average Bonchev–Trinajstić information content (AvgIpc) is 3.08. The normalized spacial score (nSPS) is 27.5. The molecular weight excluding hydrogens is 212 g/mol. The highest BCUT2D eigenvalue weighted by atomic mass is 16.2. The van der Waals surface area contributed by atoms with Gasteiger partial charge in [0.15, 0.2) is 0 Å². The van der Waals surface area contributed by atoms with E-state index in [1.165, 1.54) is 6.42 Å². The van der Waals surface area contributed by atoms with Crippen LogP contribution in [-0.2, 0) is 4.79 Å². The number of nitrogens with zero attached hydrogens (tertiary/aromatic N) is 1. The van der Waals surface area contributed by atoms with Crippen molar-refractivity contribution >= 4 is 5.91 Å². The number of hydrogen-bond acceptors (Lipinski definition) is 2. The maximum Gasteiger partial charge on any atom is 0.240 e. The molecule has 1 unspecified atom stereocenters. The van der Waals surface area contributed by atoms with Crippen LogP contribution in [0.4, 0.5) is 0 Å². The fourth-order valence-electron chi connectivity index (χ4n) is 2.74. The Hall–Kier alpha value is -0.830. The SMILES string of the molecule is C=CCN(C(=O)C1NCCCC1(C)C)C1CC1. The summed E-state index contributed by atoms with van der Waals surface area (Å²) in [5, 5.41) is 3.41. The molecule has 3 heteroatoms. The van der Waals surface area contributed by atoms with Crippen LogP contribution in [0, 0.1) is 5.41 Å². The van der Waals surface area contributed by atoms with E-state index in [9.17, 15) is 4.79 Å². The maximum absolute atomic E-state index is 12.6. The molecule has 0 bridgehead atoms. The van der Waals surface area contributed by atoms with E-state index in [1.54, 1.807) is 0 Å². The second-order valence-electron chi connectivity index (χ2n) is 5.99. The number of rotatable bonds is 4. The van der Waals surface area contributed by atoms with Crippen molar-refractivity contribution in [2.24, 2.45) is 5.41 Å². The number of amides is 1. The van der Waals surface area contributed by atoms with Gasteiger partial charge in [0.05, 0.1) is 6.04 Å². The van der Waals surface area contributed by atoms with Gasteiger partial charge in [-0.05, 0) is 37.6 Å². The van der Waals surface area contributed by atoms with E-state index in [2.05, 4.69) is 25.7 Å². The summed E-state index contributed by atoms with van der Waals surface area (Å²) in [6.07, 6.45) is 6.45. The molecule has 3 nitrogen and oxygen atoms in total. The van der Waals surface area contributed by atoms with E-state index in [4.69, 9.17) is 0 Å². The summed E-state index contributed by atoms with van der Waals surface area (Å²) in [5.74, 6) is 0.275. The second kappa shape index (κ2) is 4.81. The highest BCUT2D eigenvalue weighted by Crippen LogP contribution is 2.34. The van der Waals surface area contributed by atoms with Crippen molar-refractivity contribution in [1.82, 2.24) is 10.2 Å². The molecule has 2 fully saturated rings. The second-order valence-corrected chi connectivity index (χ2v) is 5.99. The summed E-state index contributed by atoms with van der Waals surface area (Å²) in [7, 11) is 0. The lowest BCUT2D eigenvalue weighted by Gasteiger charge is -2.40. The average molecular weight is 236 g/mol. The third-order valence-electron chi connectivity index (χ3n) is 3.97. The van der Waals surface area contributed by atoms with Gasteiger partial charge in [0.25, 0.3) is 0 Å². The highest BCUT2D eigenvalue weighted by molar-refractivity contribution is 5.83. The van der Waals surface area contributed by atoms with Gasteiger partial charge in [-0.2, -0.15) is 0 Å². The molecule has 0 aromatic heterocycles. The van der Waals surface area contributed by atoms with Gasteiger partial charge in [-0.25, -0.2) is 0 Å².